The lowest BCUT2D eigenvalue weighted by molar-refractivity contribution is -0.142. The van der Waals surface area contributed by atoms with Crippen LogP contribution in [0.2, 0.25) is 0 Å². The topological polar surface area (TPSA) is 92.7 Å². The van der Waals surface area contributed by atoms with Gasteiger partial charge in [0.05, 0.1) is 11.0 Å². The molecule has 2 N–H and O–H groups in total. The standard InChI is InChI=1S/C14H19NO5S/c1-9(20-2)13(14(16)17)15-21(18,19)12-5-3-4-11(8-12)10-6-7-10/h3-5,8-10,13,15H,6-7H2,1-2H3,(H,16,17)/t9-,13+/m1/s1. The lowest BCUT2D eigenvalue weighted by Gasteiger charge is -2.20. The molecule has 7 heteroatoms. The normalized spacial score (nSPS) is 18.2. The first kappa shape index (κ1) is 15.9. The Balaban J connectivity index is 2.24. The second kappa shape index (κ2) is 6.13. The maximum absolute atomic E-state index is 12.3. The van der Waals surface area contributed by atoms with Gasteiger partial charge in [0, 0.05) is 7.11 Å². The smallest absolute Gasteiger partial charge is 0.324 e. The molecule has 0 bridgehead atoms. The van der Waals surface area contributed by atoms with Crippen LogP contribution >= 0.6 is 0 Å². The summed E-state index contributed by atoms with van der Waals surface area (Å²) in [6, 6.07) is 5.31. The van der Waals surface area contributed by atoms with Gasteiger partial charge in [-0.2, -0.15) is 4.72 Å². The van der Waals surface area contributed by atoms with Gasteiger partial charge in [-0.05, 0) is 43.4 Å². The van der Waals surface area contributed by atoms with Crippen molar-refractivity contribution in [2.45, 2.75) is 42.7 Å². The summed E-state index contributed by atoms with van der Waals surface area (Å²) in [5.41, 5.74) is 0.976. The number of carboxylic acids is 1. The van der Waals surface area contributed by atoms with Gasteiger partial charge in [-0.25, -0.2) is 8.42 Å². The number of rotatable bonds is 7. The summed E-state index contributed by atoms with van der Waals surface area (Å²) in [4.78, 5) is 11.3. The van der Waals surface area contributed by atoms with E-state index in [1.54, 1.807) is 12.1 Å². The number of hydrogen-bond acceptors (Lipinski definition) is 4. The van der Waals surface area contributed by atoms with E-state index in [9.17, 15) is 13.2 Å². The Morgan fingerprint density at radius 1 is 1.43 bits per heavy atom. The first-order valence-corrected chi connectivity index (χ1v) is 8.21. The highest BCUT2D eigenvalue weighted by Gasteiger charge is 2.31. The van der Waals surface area contributed by atoms with E-state index in [1.165, 1.54) is 20.1 Å². The van der Waals surface area contributed by atoms with E-state index in [0.29, 0.717) is 5.92 Å². The fraction of sp³-hybridized carbons (Fsp3) is 0.500. The van der Waals surface area contributed by atoms with Gasteiger partial charge in [0.15, 0.2) is 0 Å². The van der Waals surface area contributed by atoms with Crippen molar-refractivity contribution in [2.75, 3.05) is 7.11 Å². The number of carbonyl (C=O) groups is 1. The van der Waals surface area contributed by atoms with Crippen LogP contribution in [0.3, 0.4) is 0 Å². The molecular weight excluding hydrogens is 294 g/mol. The van der Waals surface area contributed by atoms with Gasteiger partial charge in [-0.15, -0.1) is 0 Å². The molecule has 0 amide bonds. The number of sulfonamides is 1. The maximum atomic E-state index is 12.3. The molecule has 1 aliphatic carbocycles. The molecule has 1 aromatic carbocycles. The zero-order valence-corrected chi connectivity index (χ0v) is 12.8. The van der Waals surface area contributed by atoms with Gasteiger partial charge in [0.1, 0.15) is 6.04 Å². The molecule has 21 heavy (non-hydrogen) atoms. The highest BCUT2D eigenvalue weighted by Crippen LogP contribution is 2.40. The summed E-state index contributed by atoms with van der Waals surface area (Å²) >= 11 is 0. The average molecular weight is 313 g/mol. The van der Waals surface area contributed by atoms with E-state index in [0.717, 1.165) is 18.4 Å². The van der Waals surface area contributed by atoms with Crippen LogP contribution < -0.4 is 4.72 Å². The average Bonchev–Trinajstić information content (AvgIpc) is 3.28. The lowest BCUT2D eigenvalue weighted by atomic mass is 10.1. The van der Waals surface area contributed by atoms with Crippen molar-refractivity contribution in [1.82, 2.24) is 4.72 Å². The fourth-order valence-corrected chi connectivity index (χ4v) is 3.38. The van der Waals surface area contributed by atoms with E-state index < -0.39 is 28.1 Å². The van der Waals surface area contributed by atoms with Crippen molar-refractivity contribution in [2.24, 2.45) is 0 Å². The molecule has 0 radical (unpaired) electrons. The van der Waals surface area contributed by atoms with E-state index in [1.807, 2.05) is 6.07 Å². The molecule has 0 heterocycles. The number of ether oxygens (including phenoxy) is 1. The number of benzene rings is 1. The van der Waals surface area contributed by atoms with Crippen molar-refractivity contribution in [3.63, 3.8) is 0 Å². The van der Waals surface area contributed by atoms with Crippen LogP contribution in [0.5, 0.6) is 0 Å². The van der Waals surface area contributed by atoms with Crippen molar-refractivity contribution in [3.05, 3.63) is 29.8 Å². The lowest BCUT2D eigenvalue weighted by Crippen LogP contribution is -2.48. The van der Waals surface area contributed by atoms with Gasteiger partial charge in [0.25, 0.3) is 0 Å². The number of carboxylic acid groups (broad SMARTS) is 1. The third kappa shape index (κ3) is 3.81. The van der Waals surface area contributed by atoms with Crippen LogP contribution in [0.1, 0.15) is 31.2 Å². The second-order valence-electron chi connectivity index (χ2n) is 5.22. The molecule has 0 unspecified atom stereocenters. The summed E-state index contributed by atoms with van der Waals surface area (Å²) in [6.45, 7) is 1.50. The minimum atomic E-state index is -3.90. The Kier molecular flexibility index (Phi) is 4.65. The van der Waals surface area contributed by atoms with Crippen LogP contribution in [0.15, 0.2) is 29.2 Å². The second-order valence-corrected chi connectivity index (χ2v) is 6.94. The van der Waals surface area contributed by atoms with Gasteiger partial charge in [-0.1, -0.05) is 12.1 Å². The molecule has 1 saturated carbocycles. The van der Waals surface area contributed by atoms with Gasteiger partial charge < -0.3 is 9.84 Å². The predicted molar refractivity (Wildman–Crippen MR) is 76.6 cm³/mol. The quantitative estimate of drug-likeness (QED) is 0.792. The number of hydrogen-bond donors (Lipinski definition) is 2. The molecule has 116 valence electrons. The Morgan fingerprint density at radius 2 is 2.10 bits per heavy atom. The molecule has 2 atom stereocenters. The SMILES string of the molecule is CO[C@H](C)[C@H](NS(=O)(=O)c1cccc(C2CC2)c1)C(=O)O. The minimum Gasteiger partial charge on any atom is -0.480 e. The molecule has 2 rings (SSSR count). The van der Waals surface area contributed by atoms with Crippen LogP contribution in [0.25, 0.3) is 0 Å². The van der Waals surface area contributed by atoms with Crippen molar-refractivity contribution >= 4 is 16.0 Å². The van der Waals surface area contributed by atoms with Crippen molar-refractivity contribution in [1.29, 1.82) is 0 Å². The summed E-state index contributed by atoms with van der Waals surface area (Å²) in [7, 11) is -2.56. The minimum absolute atomic E-state index is 0.0847. The summed E-state index contributed by atoms with van der Waals surface area (Å²) in [6.07, 6.45) is 1.36. The third-order valence-electron chi connectivity index (χ3n) is 3.61. The molecular formula is C14H19NO5S. The molecule has 1 aliphatic rings. The number of methoxy groups -OCH3 is 1. The van der Waals surface area contributed by atoms with Gasteiger partial charge >= 0.3 is 5.97 Å². The highest BCUT2D eigenvalue weighted by molar-refractivity contribution is 7.89. The Morgan fingerprint density at radius 3 is 2.62 bits per heavy atom. The van der Waals surface area contributed by atoms with Gasteiger partial charge in [0.2, 0.25) is 10.0 Å². The first-order valence-electron chi connectivity index (χ1n) is 6.73. The van der Waals surface area contributed by atoms with E-state index in [2.05, 4.69) is 4.72 Å². The Labute approximate surface area is 124 Å². The Bertz CT molecular complexity index is 624. The summed E-state index contributed by atoms with van der Waals surface area (Å²) < 4.78 is 31.8. The number of aliphatic carboxylic acids is 1. The zero-order chi connectivity index (χ0) is 15.6. The monoisotopic (exact) mass is 313 g/mol. The molecule has 1 aromatic rings. The van der Waals surface area contributed by atoms with E-state index in [-0.39, 0.29) is 4.90 Å². The van der Waals surface area contributed by atoms with E-state index in [4.69, 9.17) is 9.84 Å². The summed E-state index contributed by atoms with van der Waals surface area (Å²) in [5.74, 6) is -0.848. The van der Waals surface area contributed by atoms with Crippen molar-refractivity contribution in [3.8, 4) is 0 Å². The molecule has 1 fully saturated rings. The fourth-order valence-electron chi connectivity index (χ4n) is 2.07. The third-order valence-corrected chi connectivity index (χ3v) is 5.05. The molecule has 0 saturated heterocycles. The summed E-state index contributed by atoms with van der Waals surface area (Å²) in [5, 5.41) is 9.13. The predicted octanol–water partition coefficient (Wildman–Crippen LogP) is 1.33. The van der Waals surface area contributed by atoms with Crippen LogP contribution in [-0.2, 0) is 19.6 Å². The molecule has 6 nitrogen and oxygen atoms in total. The van der Waals surface area contributed by atoms with Crippen LogP contribution in [0, 0.1) is 0 Å². The van der Waals surface area contributed by atoms with Crippen LogP contribution in [-0.4, -0.2) is 38.7 Å². The van der Waals surface area contributed by atoms with E-state index >= 15 is 0 Å². The maximum Gasteiger partial charge on any atom is 0.324 e. The zero-order valence-electron chi connectivity index (χ0n) is 11.9. The largest absolute Gasteiger partial charge is 0.480 e. The molecule has 0 aliphatic heterocycles. The Hall–Kier alpha value is -1.44. The number of nitrogens with one attached hydrogen (secondary N) is 1. The molecule has 0 spiro atoms. The first-order chi connectivity index (χ1) is 9.85. The van der Waals surface area contributed by atoms with Crippen molar-refractivity contribution < 1.29 is 23.1 Å². The van der Waals surface area contributed by atoms with Crippen LogP contribution in [0.4, 0.5) is 0 Å². The highest BCUT2D eigenvalue weighted by atomic mass is 32.2. The molecule has 0 aromatic heterocycles. The van der Waals surface area contributed by atoms with Gasteiger partial charge in [-0.3, -0.25) is 4.79 Å².